The van der Waals surface area contributed by atoms with Gasteiger partial charge in [-0.2, -0.15) is 0 Å². The Labute approximate surface area is 316 Å². The van der Waals surface area contributed by atoms with Gasteiger partial charge in [0, 0.05) is 5.92 Å². The van der Waals surface area contributed by atoms with Gasteiger partial charge < -0.3 is 74.4 Å². The molecule has 24 atom stereocenters. The van der Waals surface area contributed by atoms with Crippen LogP contribution in [0.15, 0.2) is 0 Å². The van der Waals surface area contributed by atoms with Crippen LogP contribution < -0.4 is 0 Å². The summed E-state index contributed by atoms with van der Waals surface area (Å²) in [6.45, 7) is 8.41. The Bertz CT molecular complexity index is 1340. The van der Waals surface area contributed by atoms with Gasteiger partial charge in [-0.1, -0.05) is 27.7 Å². The third kappa shape index (κ3) is 6.01. The maximum atomic E-state index is 11.3. The first-order valence-corrected chi connectivity index (χ1v) is 20.5. The lowest BCUT2D eigenvalue weighted by Gasteiger charge is -2.63. The van der Waals surface area contributed by atoms with Crippen molar-refractivity contribution < 1.29 is 74.4 Å². The molecule has 0 radical (unpaired) electrons. The molecule has 4 heterocycles. The monoisotopic (exact) mass is 772 g/mol. The van der Waals surface area contributed by atoms with E-state index in [9.17, 15) is 46.0 Å². The van der Waals surface area contributed by atoms with E-state index in [4.69, 9.17) is 28.4 Å². The molecular formula is C39H64O15. The van der Waals surface area contributed by atoms with Crippen LogP contribution in [-0.2, 0) is 28.4 Å². The van der Waals surface area contributed by atoms with E-state index < -0.39 is 98.7 Å². The van der Waals surface area contributed by atoms with Gasteiger partial charge in [0.05, 0.1) is 38.1 Å². The first-order valence-electron chi connectivity index (χ1n) is 20.5. The fraction of sp³-hybridized carbons (Fsp3) is 1.00. The predicted octanol–water partition coefficient (Wildman–Crippen LogP) is -0.616. The van der Waals surface area contributed by atoms with Crippen LogP contribution in [0.1, 0.15) is 79.1 Å². The first-order chi connectivity index (χ1) is 25.6. The summed E-state index contributed by atoms with van der Waals surface area (Å²) in [6.07, 6.45) is -10.5. The standard InChI is InChI=1S/C39H64O15/c1-16-11-26(42)39(49-15-16)17(2)27-23(54-39)12-21-18-5-6-20-34(53-36-33(48)31(46)29(44)25(14-41)52-36)22(8-10-37(20,3)19(18)7-9-38(21,27)4)50-35-32(47)30(45)28(43)24(13-40)51-35/h16-36,40-48H,5-15H2,1-4H3. The average molecular weight is 773 g/mol. The topological polar surface area (TPSA) is 237 Å². The van der Waals surface area contributed by atoms with Crippen LogP contribution in [0.5, 0.6) is 0 Å². The smallest absolute Gasteiger partial charge is 0.197 e. The third-order valence-electron chi connectivity index (χ3n) is 16.2. The van der Waals surface area contributed by atoms with Crippen molar-refractivity contribution in [3.63, 3.8) is 0 Å². The van der Waals surface area contributed by atoms with Crippen LogP contribution in [0.3, 0.4) is 0 Å². The lowest BCUT2D eigenvalue weighted by molar-refractivity contribution is -0.356. The summed E-state index contributed by atoms with van der Waals surface area (Å²) in [5.74, 6) is 0.659. The highest BCUT2D eigenvalue weighted by Crippen LogP contribution is 2.71. The van der Waals surface area contributed by atoms with Gasteiger partial charge in [-0.15, -0.1) is 0 Å². The van der Waals surface area contributed by atoms with E-state index in [1.54, 1.807) is 0 Å². The highest BCUT2D eigenvalue weighted by molar-refractivity contribution is 5.17. The largest absolute Gasteiger partial charge is 0.394 e. The fourth-order valence-electron chi connectivity index (χ4n) is 13.5. The zero-order valence-corrected chi connectivity index (χ0v) is 31.9. The van der Waals surface area contributed by atoms with Crippen molar-refractivity contribution in [2.45, 2.75) is 171 Å². The Morgan fingerprint density at radius 3 is 1.87 bits per heavy atom. The molecule has 1 spiro atoms. The molecule has 15 heteroatoms. The molecule has 9 N–H and O–H groups in total. The molecule has 0 aromatic heterocycles. The van der Waals surface area contributed by atoms with E-state index in [0.29, 0.717) is 37.2 Å². The summed E-state index contributed by atoms with van der Waals surface area (Å²) < 4.78 is 37.9. The van der Waals surface area contributed by atoms with Gasteiger partial charge in [-0.25, -0.2) is 0 Å². The second-order valence-electron chi connectivity index (χ2n) is 18.9. The average Bonchev–Trinajstić information content (AvgIpc) is 3.61. The van der Waals surface area contributed by atoms with Gasteiger partial charge in [0.2, 0.25) is 0 Å². The summed E-state index contributed by atoms with van der Waals surface area (Å²) in [5, 5.41) is 95.1. The number of aliphatic hydroxyl groups is 9. The van der Waals surface area contributed by atoms with Crippen LogP contribution in [0.25, 0.3) is 0 Å². The number of aliphatic hydroxyl groups excluding tert-OH is 9. The third-order valence-corrected chi connectivity index (χ3v) is 16.2. The minimum Gasteiger partial charge on any atom is -0.394 e. The van der Waals surface area contributed by atoms with E-state index >= 15 is 0 Å². The van der Waals surface area contributed by atoms with Crippen LogP contribution in [0.2, 0.25) is 0 Å². The molecule has 24 unspecified atom stereocenters. The van der Waals surface area contributed by atoms with Crippen molar-refractivity contribution in [2.24, 2.45) is 52.3 Å². The van der Waals surface area contributed by atoms with E-state index in [1.165, 1.54) is 0 Å². The number of fused-ring (bicyclic) bond motifs is 7. The summed E-state index contributed by atoms with van der Waals surface area (Å²) in [4.78, 5) is 0. The van der Waals surface area contributed by atoms with Crippen molar-refractivity contribution in [1.29, 1.82) is 0 Å². The second-order valence-corrected chi connectivity index (χ2v) is 18.9. The summed E-state index contributed by atoms with van der Waals surface area (Å²) >= 11 is 0. The SMILES string of the molecule is CC1COC2(OC3CC4C5CCC6C(OC7OC(CO)C(O)C(O)C7O)C(OC7OC(CO)C(O)C(O)C7O)CCC6(C)C5CCC4(C)C3C2C)C(O)C1. The van der Waals surface area contributed by atoms with Gasteiger partial charge in [0.25, 0.3) is 0 Å². The van der Waals surface area contributed by atoms with E-state index in [-0.39, 0.29) is 40.6 Å². The molecule has 0 bridgehead atoms. The van der Waals surface area contributed by atoms with Gasteiger partial charge >= 0.3 is 0 Å². The fourth-order valence-corrected chi connectivity index (χ4v) is 13.5. The van der Waals surface area contributed by atoms with Crippen molar-refractivity contribution in [3.8, 4) is 0 Å². The molecule has 15 nitrogen and oxygen atoms in total. The molecule has 0 aromatic carbocycles. The second kappa shape index (κ2) is 14.6. The van der Waals surface area contributed by atoms with E-state index in [0.717, 1.165) is 38.5 Å². The molecule has 4 aliphatic carbocycles. The number of hydrogen-bond acceptors (Lipinski definition) is 15. The Hall–Kier alpha value is -0.600. The minimum atomic E-state index is -1.64. The van der Waals surface area contributed by atoms with Crippen LogP contribution >= 0.6 is 0 Å². The number of ether oxygens (including phenoxy) is 6. The highest BCUT2D eigenvalue weighted by atomic mass is 16.7. The molecule has 4 saturated carbocycles. The zero-order chi connectivity index (χ0) is 38.6. The Morgan fingerprint density at radius 2 is 1.26 bits per heavy atom. The molecule has 8 fully saturated rings. The molecule has 8 rings (SSSR count). The van der Waals surface area contributed by atoms with Crippen molar-refractivity contribution in [1.82, 2.24) is 0 Å². The lowest BCUT2D eigenvalue weighted by atomic mass is 9.44. The van der Waals surface area contributed by atoms with Crippen molar-refractivity contribution >= 4 is 0 Å². The molecule has 4 aliphatic heterocycles. The van der Waals surface area contributed by atoms with Gasteiger partial charge in [0.15, 0.2) is 18.4 Å². The summed E-state index contributed by atoms with van der Waals surface area (Å²) in [5.41, 5.74) is -0.234. The van der Waals surface area contributed by atoms with Gasteiger partial charge in [-0.3, -0.25) is 0 Å². The van der Waals surface area contributed by atoms with Gasteiger partial charge in [-0.05, 0) is 97.7 Å². The highest BCUT2D eigenvalue weighted by Gasteiger charge is 2.71. The maximum Gasteiger partial charge on any atom is 0.197 e. The molecule has 310 valence electrons. The molecule has 0 amide bonds. The van der Waals surface area contributed by atoms with Crippen LogP contribution in [0.4, 0.5) is 0 Å². The Morgan fingerprint density at radius 1 is 0.648 bits per heavy atom. The summed E-state index contributed by atoms with van der Waals surface area (Å²) in [6, 6.07) is 0. The molecule has 54 heavy (non-hydrogen) atoms. The maximum absolute atomic E-state index is 11.3. The van der Waals surface area contributed by atoms with Gasteiger partial charge in [0.1, 0.15) is 54.9 Å². The van der Waals surface area contributed by atoms with E-state index in [1.807, 2.05) is 0 Å². The van der Waals surface area contributed by atoms with Crippen molar-refractivity contribution in [3.05, 3.63) is 0 Å². The van der Waals surface area contributed by atoms with Crippen LogP contribution in [0, 0.1) is 52.3 Å². The minimum absolute atomic E-state index is 0.00674. The quantitative estimate of drug-likeness (QED) is 0.153. The Kier molecular flexibility index (Phi) is 10.9. The normalized spacial score (nSPS) is 60.1. The molecule has 4 saturated heterocycles. The molecule has 8 aliphatic rings. The van der Waals surface area contributed by atoms with Crippen LogP contribution in [-0.4, -0.2) is 157 Å². The molecule has 0 aromatic rings. The Balaban J connectivity index is 1.05. The molecular weight excluding hydrogens is 708 g/mol. The number of hydrogen-bond donors (Lipinski definition) is 9. The zero-order valence-electron chi connectivity index (χ0n) is 31.9. The first kappa shape index (κ1) is 40.2. The summed E-state index contributed by atoms with van der Waals surface area (Å²) in [7, 11) is 0. The predicted molar refractivity (Wildman–Crippen MR) is 186 cm³/mol. The number of rotatable bonds is 6. The van der Waals surface area contributed by atoms with E-state index in [2.05, 4.69) is 27.7 Å². The van der Waals surface area contributed by atoms with Crippen molar-refractivity contribution in [2.75, 3.05) is 19.8 Å². The lowest BCUT2D eigenvalue weighted by Crippen LogP contribution is -2.65.